The first kappa shape index (κ1) is 27.2. The summed E-state index contributed by atoms with van der Waals surface area (Å²) in [6.07, 6.45) is 3.41. The topological polar surface area (TPSA) is 68.3 Å². The fourth-order valence-electron chi connectivity index (χ4n) is 5.12. The van der Waals surface area contributed by atoms with Crippen LogP contribution in [0.5, 0.6) is 0 Å². The summed E-state index contributed by atoms with van der Waals surface area (Å²) in [6, 6.07) is 17.8. The van der Waals surface area contributed by atoms with Crippen LogP contribution in [0, 0.1) is 0 Å². The van der Waals surface area contributed by atoms with Crippen LogP contribution >= 0.6 is 0 Å². The van der Waals surface area contributed by atoms with Gasteiger partial charge >= 0.3 is 203 Å². The van der Waals surface area contributed by atoms with Crippen molar-refractivity contribution in [3.63, 3.8) is 0 Å². The summed E-state index contributed by atoms with van der Waals surface area (Å²) in [6.45, 7) is 7.08. The number of carbonyl (C=O) groups excluding carboxylic acids is 4. The fourth-order valence-corrected chi connectivity index (χ4v) is 24.4. The maximum absolute atomic E-state index is 13.9. The van der Waals surface area contributed by atoms with Crippen molar-refractivity contribution in [1.29, 1.82) is 0 Å². The third-order valence-electron chi connectivity index (χ3n) is 6.60. The SMILES string of the molecule is CCC[CH2][Sn]([CH2]CCC)([CH](C(C)=O)C(=O)c1ccccc1)[CH](C(C)=O)C(=O)c1ccccc1. The summed E-state index contributed by atoms with van der Waals surface area (Å²) < 4.78 is -0.337. The van der Waals surface area contributed by atoms with E-state index in [0.29, 0.717) is 20.0 Å². The van der Waals surface area contributed by atoms with E-state index in [1.54, 1.807) is 48.5 Å². The fraction of sp³-hybridized carbons (Fsp3) is 0.429. The first-order valence-corrected chi connectivity index (χ1v) is 19.3. The number of benzene rings is 2. The number of hydrogen-bond acceptors (Lipinski definition) is 4. The zero-order chi connectivity index (χ0) is 24.4. The normalized spacial score (nSPS) is 13.2. The predicted octanol–water partition coefficient (Wildman–Crippen LogP) is 6.72. The van der Waals surface area contributed by atoms with Crippen LogP contribution in [0.2, 0.25) is 16.7 Å². The summed E-state index contributed by atoms with van der Waals surface area (Å²) in [5, 5.41) is 0. The second kappa shape index (κ2) is 13.0. The van der Waals surface area contributed by atoms with Crippen molar-refractivity contribution in [2.24, 2.45) is 0 Å². The molecule has 0 N–H and O–H groups in total. The van der Waals surface area contributed by atoms with Crippen LogP contribution in [0.1, 0.15) is 74.1 Å². The van der Waals surface area contributed by atoms with E-state index < -0.39 is 26.2 Å². The number of hydrogen-bond donors (Lipinski definition) is 0. The van der Waals surface area contributed by atoms with E-state index in [1.807, 2.05) is 12.1 Å². The third kappa shape index (κ3) is 6.50. The van der Waals surface area contributed by atoms with Crippen LogP contribution in [0.15, 0.2) is 60.7 Å². The Balaban J connectivity index is 2.77. The molecule has 2 aromatic rings. The molecule has 0 aliphatic heterocycles. The van der Waals surface area contributed by atoms with Crippen LogP contribution < -0.4 is 0 Å². The maximum atomic E-state index is 13.9. The molecule has 176 valence electrons. The van der Waals surface area contributed by atoms with Gasteiger partial charge in [0.05, 0.1) is 0 Å². The van der Waals surface area contributed by atoms with Crippen LogP contribution in [-0.2, 0) is 9.59 Å². The van der Waals surface area contributed by atoms with E-state index in [-0.39, 0.29) is 23.1 Å². The first-order chi connectivity index (χ1) is 15.8. The van der Waals surface area contributed by atoms with E-state index >= 15 is 0 Å². The van der Waals surface area contributed by atoms with Gasteiger partial charge in [0.15, 0.2) is 0 Å². The molecular weight excluding hydrogens is 519 g/mol. The van der Waals surface area contributed by atoms with Crippen molar-refractivity contribution in [3.8, 4) is 0 Å². The number of unbranched alkanes of at least 4 members (excludes halogenated alkanes) is 2. The van der Waals surface area contributed by atoms with Gasteiger partial charge in [-0.05, 0) is 0 Å². The van der Waals surface area contributed by atoms with Crippen molar-refractivity contribution in [3.05, 3.63) is 71.8 Å². The monoisotopic (exact) mass is 556 g/mol. The molecule has 0 fully saturated rings. The molecule has 33 heavy (non-hydrogen) atoms. The van der Waals surface area contributed by atoms with Crippen molar-refractivity contribution in [2.45, 2.75) is 70.1 Å². The quantitative estimate of drug-likeness (QED) is 0.148. The van der Waals surface area contributed by atoms with Gasteiger partial charge in [-0.2, -0.15) is 0 Å². The average Bonchev–Trinajstić information content (AvgIpc) is 2.81. The first-order valence-electron chi connectivity index (χ1n) is 12.0. The molecule has 0 aliphatic rings. The molecule has 0 saturated heterocycles. The van der Waals surface area contributed by atoms with Gasteiger partial charge in [-0.25, -0.2) is 0 Å². The van der Waals surface area contributed by atoms with Crippen LogP contribution in [0.4, 0.5) is 0 Å². The summed E-state index contributed by atoms with van der Waals surface area (Å²) >= 11 is -4.16. The van der Waals surface area contributed by atoms with Gasteiger partial charge in [0.1, 0.15) is 0 Å². The second-order valence-electron chi connectivity index (χ2n) is 8.99. The Bertz CT molecular complexity index is 873. The zero-order valence-corrected chi connectivity index (χ0v) is 23.2. The van der Waals surface area contributed by atoms with Crippen LogP contribution in [0.25, 0.3) is 0 Å². The summed E-state index contributed by atoms with van der Waals surface area (Å²) in [5.74, 6) is -0.811. The molecule has 2 unspecified atom stereocenters. The number of ketones is 4. The van der Waals surface area contributed by atoms with Crippen molar-refractivity contribution in [2.75, 3.05) is 0 Å². The molecule has 0 aromatic heterocycles. The van der Waals surface area contributed by atoms with Crippen LogP contribution in [0.3, 0.4) is 0 Å². The van der Waals surface area contributed by atoms with E-state index in [9.17, 15) is 19.2 Å². The molecule has 0 amide bonds. The van der Waals surface area contributed by atoms with Crippen LogP contribution in [-0.4, -0.2) is 41.5 Å². The molecule has 4 nitrogen and oxygen atoms in total. The summed E-state index contributed by atoms with van der Waals surface area (Å²) in [7, 11) is 0. The van der Waals surface area contributed by atoms with Gasteiger partial charge in [0.2, 0.25) is 0 Å². The summed E-state index contributed by atoms with van der Waals surface area (Å²) in [4.78, 5) is 54.2. The molecular formula is C28H36O4Sn. The Labute approximate surface area is 202 Å². The van der Waals surface area contributed by atoms with Gasteiger partial charge in [-0.15, -0.1) is 0 Å². The molecule has 0 spiro atoms. The van der Waals surface area contributed by atoms with E-state index in [4.69, 9.17) is 0 Å². The Morgan fingerprint density at radius 1 is 0.636 bits per heavy atom. The summed E-state index contributed by atoms with van der Waals surface area (Å²) in [5.41, 5.74) is 0.975. The van der Waals surface area contributed by atoms with Gasteiger partial charge in [-0.1, -0.05) is 0 Å². The molecule has 2 rings (SSSR count). The Hall–Kier alpha value is -2.08. The van der Waals surface area contributed by atoms with E-state index in [0.717, 1.165) is 25.7 Å². The Kier molecular flexibility index (Phi) is 10.7. The molecule has 5 heteroatoms. The van der Waals surface area contributed by atoms with E-state index in [1.165, 1.54) is 13.8 Å². The minimum atomic E-state index is -4.16. The third-order valence-corrected chi connectivity index (χ3v) is 24.3. The number of carbonyl (C=O) groups is 4. The van der Waals surface area contributed by atoms with Gasteiger partial charge < -0.3 is 0 Å². The minimum absolute atomic E-state index is 0.195. The van der Waals surface area contributed by atoms with Gasteiger partial charge in [-0.3, -0.25) is 0 Å². The zero-order valence-electron chi connectivity index (χ0n) is 20.3. The van der Waals surface area contributed by atoms with Gasteiger partial charge in [0.25, 0.3) is 0 Å². The standard InChI is InChI=1S/2C10H9O2.2C4H9.Sn/c2*1-8(11)7-10(12)9-5-3-2-4-6-9;2*1-3-4-2;/h2*2-7H,1H3;2*1,3-4H2,2H3;. The van der Waals surface area contributed by atoms with Crippen molar-refractivity contribution < 1.29 is 19.2 Å². The average molecular weight is 555 g/mol. The second-order valence-corrected chi connectivity index (χ2v) is 22.2. The van der Waals surface area contributed by atoms with Crippen molar-refractivity contribution in [1.82, 2.24) is 0 Å². The molecule has 0 heterocycles. The molecule has 0 aliphatic carbocycles. The molecule has 0 saturated carbocycles. The molecule has 2 atom stereocenters. The number of Topliss-reactive ketones (excluding diaryl/α,β-unsaturated/α-hetero) is 4. The number of rotatable bonds is 14. The molecule has 0 radical (unpaired) electrons. The molecule has 2 aromatic carbocycles. The Morgan fingerprint density at radius 3 is 1.24 bits per heavy atom. The predicted molar refractivity (Wildman–Crippen MR) is 136 cm³/mol. The van der Waals surface area contributed by atoms with Crippen molar-refractivity contribution >= 4 is 41.5 Å². The van der Waals surface area contributed by atoms with Gasteiger partial charge in [0, 0.05) is 0 Å². The molecule has 0 bridgehead atoms. The van der Waals surface area contributed by atoms with E-state index in [2.05, 4.69) is 13.8 Å². The Morgan fingerprint density at radius 2 is 0.970 bits per heavy atom.